The van der Waals surface area contributed by atoms with Gasteiger partial charge < -0.3 is 5.73 Å². The molecular formula is C11H13N5O4S. The number of nitro benzene ring substituents is 1. The number of hydrogen-bond donors (Lipinski definition) is 2. The zero-order valence-electron chi connectivity index (χ0n) is 11.3. The summed E-state index contributed by atoms with van der Waals surface area (Å²) >= 11 is 0. The van der Waals surface area contributed by atoms with E-state index >= 15 is 0 Å². The molecule has 3 N–H and O–H groups in total. The van der Waals surface area contributed by atoms with Gasteiger partial charge in [0.1, 0.15) is 5.69 Å². The van der Waals surface area contributed by atoms with Gasteiger partial charge in [0.15, 0.2) is 4.90 Å². The lowest BCUT2D eigenvalue weighted by Crippen LogP contribution is -2.15. The molecule has 112 valence electrons. The molecule has 21 heavy (non-hydrogen) atoms. The average molecular weight is 311 g/mol. The number of nitrogens with one attached hydrogen (secondary N) is 1. The number of anilines is 2. The molecule has 0 saturated carbocycles. The van der Waals surface area contributed by atoms with Gasteiger partial charge in [-0.05, 0) is 19.1 Å². The van der Waals surface area contributed by atoms with Crippen molar-refractivity contribution in [2.45, 2.75) is 11.8 Å². The molecule has 0 unspecified atom stereocenters. The Bertz CT molecular complexity index is 812. The fourth-order valence-corrected chi connectivity index (χ4v) is 3.16. The quantitative estimate of drug-likeness (QED) is 0.492. The lowest BCUT2D eigenvalue weighted by molar-refractivity contribution is -0.386. The third-order valence-electron chi connectivity index (χ3n) is 2.76. The van der Waals surface area contributed by atoms with Crippen LogP contribution in [0, 0.1) is 17.0 Å². The van der Waals surface area contributed by atoms with Crippen LogP contribution in [0.15, 0.2) is 29.3 Å². The molecule has 0 aliphatic heterocycles. The number of aryl methyl sites for hydroxylation is 2. The van der Waals surface area contributed by atoms with Crippen LogP contribution in [-0.2, 0) is 17.1 Å². The second kappa shape index (κ2) is 5.05. The van der Waals surface area contributed by atoms with Crippen LogP contribution in [0.2, 0.25) is 0 Å². The van der Waals surface area contributed by atoms with Gasteiger partial charge in [0, 0.05) is 13.2 Å². The molecule has 0 saturated heterocycles. The first-order valence-electron chi connectivity index (χ1n) is 5.78. The standard InChI is InChI=1S/C11H13N5O4S/c1-7-9(6-15(2)13-7)14-21(19,20)10-5-3-4-8(12)11(10)16(17)18/h3-6,14H,12H2,1-2H3. The van der Waals surface area contributed by atoms with Gasteiger partial charge in [0.05, 0.1) is 16.3 Å². The summed E-state index contributed by atoms with van der Waals surface area (Å²) in [5, 5.41) is 15.0. The van der Waals surface area contributed by atoms with Crippen molar-refractivity contribution in [3.8, 4) is 0 Å². The van der Waals surface area contributed by atoms with Gasteiger partial charge in [0.2, 0.25) is 0 Å². The van der Waals surface area contributed by atoms with Gasteiger partial charge in [-0.1, -0.05) is 6.07 Å². The van der Waals surface area contributed by atoms with E-state index in [1.807, 2.05) is 0 Å². The van der Waals surface area contributed by atoms with E-state index in [1.54, 1.807) is 14.0 Å². The van der Waals surface area contributed by atoms with Crippen molar-refractivity contribution in [3.63, 3.8) is 0 Å². The second-order valence-electron chi connectivity index (χ2n) is 4.36. The van der Waals surface area contributed by atoms with E-state index in [9.17, 15) is 18.5 Å². The first-order chi connectivity index (χ1) is 9.72. The van der Waals surface area contributed by atoms with Crippen LogP contribution in [0.25, 0.3) is 0 Å². The molecule has 2 aromatic rings. The summed E-state index contributed by atoms with van der Waals surface area (Å²) in [5.74, 6) is 0. The highest BCUT2D eigenvalue weighted by molar-refractivity contribution is 7.92. The zero-order valence-corrected chi connectivity index (χ0v) is 12.1. The monoisotopic (exact) mass is 311 g/mol. The van der Waals surface area contributed by atoms with Gasteiger partial charge in [-0.25, -0.2) is 8.42 Å². The number of aromatic nitrogens is 2. The third kappa shape index (κ3) is 2.79. The summed E-state index contributed by atoms with van der Waals surface area (Å²) in [6, 6.07) is 3.74. The predicted molar refractivity (Wildman–Crippen MR) is 76.3 cm³/mol. The van der Waals surface area contributed by atoms with Crippen molar-refractivity contribution in [2.75, 3.05) is 10.5 Å². The van der Waals surface area contributed by atoms with Crippen molar-refractivity contribution < 1.29 is 13.3 Å². The number of benzene rings is 1. The smallest absolute Gasteiger partial charge is 0.312 e. The van der Waals surface area contributed by atoms with Crippen molar-refractivity contribution in [2.24, 2.45) is 7.05 Å². The van der Waals surface area contributed by atoms with Crippen molar-refractivity contribution >= 4 is 27.1 Å². The lowest BCUT2D eigenvalue weighted by Gasteiger charge is -2.08. The Morgan fingerprint density at radius 2 is 2.10 bits per heavy atom. The Morgan fingerprint density at radius 1 is 1.43 bits per heavy atom. The topological polar surface area (TPSA) is 133 Å². The van der Waals surface area contributed by atoms with Gasteiger partial charge >= 0.3 is 5.69 Å². The van der Waals surface area contributed by atoms with E-state index in [2.05, 4.69) is 9.82 Å². The first kappa shape index (κ1) is 14.8. The molecule has 0 aliphatic carbocycles. The molecule has 1 aromatic carbocycles. The molecule has 1 aromatic heterocycles. The van der Waals surface area contributed by atoms with Crippen LogP contribution in [0.3, 0.4) is 0 Å². The van der Waals surface area contributed by atoms with E-state index in [4.69, 9.17) is 5.73 Å². The first-order valence-corrected chi connectivity index (χ1v) is 7.26. The molecule has 1 heterocycles. The van der Waals surface area contributed by atoms with Crippen LogP contribution in [0.5, 0.6) is 0 Å². The van der Waals surface area contributed by atoms with Gasteiger partial charge in [-0.2, -0.15) is 5.10 Å². The number of nitro groups is 1. The fourth-order valence-electron chi connectivity index (χ4n) is 1.85. The van der Waals surface area contributed by atoms with Gasteiger partial charge in [-0.3, -0.25) is 19.5 Å². The predicted octanol–water partition coefficient (Wildman–Crippen LogP) is 1.02. The summed E-state index contributed by atoms with van der Waals surface area (Å²) in [7, 11) is -2.51. The maximum atomic E-state index is 12.3. The van der Waals surface area contributed by atoms with Crippen LogP contribution in [0.4, 0.5) is 17.1 Å². The van der Waals surface area contributed by atoms with Crippen LogP contribution in [-0.4, -0.2) is 23.1 Å². The largest absolute Gasteiger partial charge is 0.393 e. The van der Waals surface area contributed by atoms with E-state index in [1.165, 1.54) is 23.0 Å². The molecule has 0 spiro atoms. The number of nitrogen functional groups attached to an aromatic ring is 1. The van der Waals surface area contributed by atoms with Crippen molar-refractivity contribution in [1.82, 2.24) is 9.78 Å². The summed E-state index contributed by atoms with van der Waals surface area (Å²) in [6.07, 6.45) is 1.46. The second-order valence-corrected chi connectivity index (χ2v) is 6.01. The van der Waals surface area contributed by atoms with Gasteiger partial charge in [-0.15, -0.1) is 0 Å². The number of hydrogen-bond acceptors (Lipinski definition) is 6. The fraction of sp³-hybridized carbons (Fsp3) is 0.182. The normalized spacial score (nSPS) is 11.3. The Hall–Kier alpha value is -2.62. The minimum atomic E-state index is -4.15. The van der Waals surface area contributed by atoms with Crippen molar-refractivity contribution in [1.29, 1.82) is 0 Å². The molecule has 0 atom stereocenters. The molecule has 0 bridgehead atoms. The minimum Gasteiger partial charge on any atom is -0.393 e. The van der Waals surface area contributed by atoms with E-state index in [0.29, 0.717) is 5.69 Å². The Kier molecular flexibility index (Phi) is 3.56. The number of nitrogens with two attached hydrogens (primary N) is 1. The highest BCUT2D eigenvalue weighted by Gasteiger charge is 2.28. The maximum Gasteiger partial charge on any atom is 0.312 e. The highest BCUT2D eigenvalue weighted by Crippen LogP contribution is 2.31. The molecule has 9 nitrogen and oxygen atoms in total. The number of nitrogens with zero attached hydrogens (tertiary/aromatic N) is 3. The Labute approximate surface area is 120 Å². The van der Waals surface area contributed by atoms with Crippen LogP contribution >= 0.6 is 0 Å². The summed E-state index contributed by atoms with van der Waals surface area (Å²) in [6.45, 7) is 1.62. The van der Waals surface area contributed by atoms with Crippen LogP contribution in [0.1, 0.15) is 5.69 Å². The molecule has 0 radical (unpaired) electrons. The van der Waals surface area contributed by atoms with E-state index in [0.717, 1.165) is 6.07 Å². The molecule has 0 fully saturated rings. The van der Waals surface area contributed by atoms with Crippen LogP contribution < -0.4 is 10.5 Å². The third-order valence-corrected chi connectivity index (χ3v) is 4.16. The highest BCUT2D eigenvalue weighted by atomic mass is 32.2. The maximum absolute atomic E-state index is 12.3. The van der Waals surface area contributed by atoms with Crippen molar-refractivity contribution in [3.05, 3.63) is 40.2 Å². The SMILES string of the molecule is Cc1nn(C)cc1NS(=O)(=O)c1cccc(N)c1[N+](=O)[O-]. The number of para-hydroxylation sites is 1. The average Bonchev–Trinajstić information content (AvgIpc) is 2.66. The summed E-state index contributed by atoms with van der Waals surface area (Å²) in [4.78, 5) is 9.72. The molecule has 10 heteroatoms. The summed E-state index contributed by atoms with van der Waals surface area (Å²) < 4.78 is 28.4. The molecule has 0 amide bonds. The van der Waals surface area contributed by atoms with Gasteiger partial charge in [0.25, 0.3) is 10.0 Å². The Balaban J connectivity index is 2.53. The number of rotatable bonds is 4. The zero-order chi connectivity index (χ0) is 15.8. The van der Waals surface area contributed by atoms with E-state index < -0.39 is 25.5 Å². The molecule has 0 aliphatic rings. The number of sulfonamides is 1. The summed E-state index contributed by atoms with van der Waals surface area (Å²) in [5.41, 5.74) is 5.33. The molecule has 2 rings (SSSR count). The lowest BCUT2D eigenvalue weighted by atomic mass is 10.3. The van der Waals surface area contributed by atoms with E-state index in [-0.39, 0.29) is 11.4 Å². The Morgan fingerprint density at radius 3 is 2.62 bits per heavy atom. The minimum absolute atomic E-state index is 0.217. The molecular weight excluding hydrogens is 298 g/mol.